The molecule has 1 aliphatic carbocycles. The van der Waals surface area contributed by atoms with Gasteiger partial charge in [-0.15, -0.1) is 0 Å². The molecule has 0 spiro atoms. The Morgan fingerprint density at radius 3 is 2.26 bits per heavy atom. The van der Waals surface area contributed by atoms with Crippen LogP contribution in [0.1, 0.15) is 42.4 Å². The fraction of sp³-hybridized carbons (Fsp3) is 0.519. The van der Waals surface area contributed by atoms with Crippen LogP contribution in [0.2, 0.25) is 0 Å². The summed E-state index contributed by atoms with van der Waals surface area (Å²) >= 11 is 0. The lowest BCUT2D eigenvalue weighted by atomic mass is 10.0. The molecule has 164 valence electrons. The first-order valence-electron chi connectivity index (χ1n) is 12.2. The maximum absolute atomic E-state index is 12.7. The normalized spacial score (nSPS) is 20.5. The topological polar surface area (TPSA) is 26.8 Å². The van der Waals surface area contributed by atoms with Crippen molar-refractivity contribution in [2.45, 2.75) is 51.0 Å². The van der Waals surface area contributed by atoms with Crippen molar-refractivity contribution < 1.29 is 4.79 Å². The predicted molar refractivity (Wildman–Crippen MR) is 127 cm³/mol. The number of hydrogen-bond donors (Lipinski definition) is 0. The highest BCUT2D eigenvalue weighted by atomic mass is 16.2. The molecule has 0 N–H and O–H groups in total. The molecule has 5 rings (SSSR count). The number of piperazine rings is 1. The number of amides is 1. The summed E-state index contributed by atoms with van der Waals surface area (Å²) < 4.78 is 0. The Bertz CT molecular complexity index is 883. The highest BCUT2D eigenvalue weighted by Crippen LogP contribution is 2.28. The zero-order valence-corrected chi connectivity index (χ0v) is 18.6. The molecule has 1 saturated carbocycles. The minimum Gasteiger partial charge on any atom is -0.368 e. The SMILES string of the molecule is O=C(Cc1ccccc1)N1CCN(c2ccc3c(c2)CCN(C2CCCC2)CC3)CC1. The number of carbonyl (C=O) groups is 1. The third-order valence-electron chi connectivity index (χ3n) is 7.56. The molecule has 0 atom stereocenters. The van der Waals surface area contributed by atoms with E-state index < -0.39 is 0 Å². The van der Waals surface area contributed by atoms with E-state index in [2.05, 4.69) is 28.0 Å². The van der Waals surface area contributed by atoms with E-state index in [0.29, 0.717) is 6.42 Å². The van der Waals surface area contributed by atoms with Gasteiger partial charge in [0.15, 0.2) is 0 Å². The van der Waals surface area contributed by atoms with Crippen molar-refractivity contribution in [2.24, 2.45) is 0 Å². The van der Waals surface area contributed by atoms with E-state index in [0.717, 1.165) is 37.8 Å². The highest BCUT2D eigenvalue weighted by Gasteiger charge is 2.25. The second-order valence-corrected chi connectivity index (χ2v) is 9.46. The average Bonchev–Trinajstić information content (AvgIpc) is 3.27. The quantitative estimate of drug-likeness (QED) is 0.754. The molecular weight excluding hydrogens is 382 g/mol. The zero-order chi connectivity index (χ0) is 21.0. The third kappa shape index (κ3) is 4.79. The second kappa shape index (κ2) is 9.44. The fourth-order valence-electron chi connectivity index (χ4n) is 5.66. The number of anilines is 1. The molecule has 2 fully saturated rings. The monoisotopic (exact) mass is 417 g/mol. The maximum atomic E-state index is 12.7. The Balaban J connectivity index is 1.17. The van der Waals surface area contributed by atoms with Crippen molar-refractivity contribution >= 4 is 11.6 Å². The summed E-state index contributed by atoms with van der Waals surface area (Å²) in [7, 11) is 0. The second-order valence-electron chi connectivity index (χ2n) is 9.46. The molecule has 1 amide bonds. The first-order chi connectivity index (χ1) is 15.3. The van der Waals surface area contributed by atoms with Gasteiger partial charge in [-0.2, -0.15) is 0 Å². The summed E-state index contributed by atoms with van der Waals surface area (Å²) in [6.45, 7) is 5.92. The van der Waals surface area contributed by atoms with Crippen molar-refractivity contribution in [1.29, 1.82) is 0 Å². The van der Waals surface area contributed by atoms with E-state index in [1.54, 1.807) is 11.1 Å². The molecule has 2 aromatic rings. The molecule has 4 heteroatoms. The van der Waals surface area contributed by atoms with E-state index in [1.165, 1.54) is 57.3 Å². The van der Waals surface area contributed by atoms with Gasteiger partial charge in [0.2, 0.25) is 5.91 Å². The molecule has 2 aromatic carbocycles. The largest absolute Gasteiger partial charge is 0.368 e. The minimum atomic E-state index is 0.250. The first kappa shape index (κ1) is 20.6. The minimum absolute atomic E-state index is 0.250. The van der Waals surface area contributed by atoms with Gasteiger partial charge in [-0.25, -0.2) is 0 Å². The van der Waals surface area contributed by atoms with E-state index >= 15 is 0 Å². The third-order valence-corrected chi connectivity index (χ3v) is 7.56. The van der Waals surface area contributed by atoms with Gasteiger partial charge in [0.1, 0.15) is 0 Å². The Labute approximate surface area is 186 Å². The lowest BCUT2D eigenvalue weighted by Gasteiger charge is -2.36. The Kier molecular flexibility index (Phi) is 6.26. The number of fused-ring (bicyclic) bond motifs is 1. The number of rotatable bonds is 4. The summed E-state index contributed by atoms with van der Waals surface area (Å²) in [4.78, 5) is 19.9. The van der Waals surface area contributed by atoms with Crippen LogP contribution in [0.15, 0.2) is 48.5 Å². The van der Waals surface area contributed by atoms with Crippen molar-refractivity contribution in [2.75, 3.05) is 44.2 Å². The maximum Gasteiger partial charge on any atom is 0.227 e. The molecule has 0 aromatic heterocycles. The molecule has 4 nitrogen and oxygen atoms in total. The van der Waals surface area contributed by atoms with E-state index in [4.69, 9.17) is 0 Å². The lowest BCUT2D eigenvalue weighted by Crippen LogP contribution is -2.49. The molecule has 3 aliphatic rings. The average molecular weight is 418 g/mol. The standard InChI is InChI=1S/C27H35N3O/c31-27(20-22-6-2-1-3-7-22)30-18-16-29(17-19-30)26-11-10-23-12-14-28(15-13-24(23)21-26)25-8-4-5-9-25/h1-3,6-7,10-11,21,25H,4-5,8-9,12-20H2. The Morgan fingerprint density at radius 2 is 1.52 bits per heavy atom. The van der Waals surface area contributed by atoms with Crippen LogP contribution in [-0.2, 0) is 24.1 Å². The van der Waals surface area contributed by atoms with E-state index in [1.807, 2.05) is 35.2 Å². The molecule has 0 radical (unpaired) electrons. The fourth-order valence-corrected chi connectivity index (χ4v) is 5.66. The van der Waals surface area contributed by atoms with E-state index in [-0.39, 0.29) is 5.91 Å². The molecule has 0 bridgehead atoms. The van der Waals surface area contributed by atoms with Crippen LogP contribution in [0.4, 0.5) is 5.69 Å². The number of nitrogens with zero attached hydrogens (tertiary/aromatic N) is 3. The van der Waals surface area contributed by atoms with Crippen LogP contribution in [0, 0.1) is 0 Å². The van der Waals surface area contributed by atoms with Crippen molar-refractivity contribution in [1.82, 2.24) is 9.80 Å². The predicted octanol–water partition coefficient (Wildman–Crippen LogP) is 3.92. The Hall–Kier alpha value is -2.33. The van der Waals surface area contributed by atoms with Crippen LogP contribution in [0.5, 0.6) is 0 Å². The van der Waals surface area contributed by atoms with Crippen molar-refractivity contribution in [3.8, 4) is 0 Å². The molecular formula is C27H35N3O. The number of hydrogen-bond acceptors (Lipinski definition) is 3. The highest BCUT2D eigenvalue weighted by molar-refractivity contribution is 5.79. The van der Waals surface area contributed by atoms with Crippen LogP contribution < -0.4 is 4.90 Å². The van der Waals surface area contributed by atoms with Gasteiger partial charge >= 0.3 is 0 Å². The van der Waals surface area contributed by atoms with Gasteiger partial charge in [-0.05, 0) is 54.5 Å². The van der Waals surface area contributed by atoms with E-state index in [9.17, 15) is 4.79 Å². The van der Waals surface area contributed by atoms with Gasteiger partial charge in [-0.1, -0.05) is 49.2 Å². The zero-order valence-electron chi connectivity index (χ0n) is 18.6. The summed E-state index contributed by atoms with van der Waals surface area (Å²) in [5, 5.41) is 0. The van der Waals surface area contributed by atoms with Crippen LogP contribution >= 0.6 is 0 Å². The summed E-state index contributed by atoms with van der Waals surface area (Å²) in [6.07, 6.45) is 8.50. The van der Waals surface area contributed by atoms with Gasteiger partial charge in [0.25, 0.3) is 0 Å². The number of benzene rings is 2. The Morgan fingerprint density at radius 1 is 0.806 bits per heavy atom. The molecule has 2 aliphatic heterocycles. The van der Waals surface area contributed by atoms with Gasteiger partial charge in [-0.3, -0.25) is 9.69 Å². The summed E-state index contributed by atoms with van der Waals surface area (Å²) in [5.41, 5.74) is 5.53. The molecule has 2 heterocycles. The number of carbonyl (C=O) groups excluding carboxylic acids is 1. The summed E-state index contributed by atoms with van der Waals surface area (Å²) in [6, 6.07) is 18.0. The van der Waals surface area contributed by atoms with Crippen LogP contribution in [0.25, 0.3) is 0 Å². The molecule has 31 heavy (non-hydrogen) atoms. The van der Waals surface area contributed by atoms with Gasteiger partial charge in [0.05, 0.1) is 6.42 Å². The smallest absolute Gasteiger partial charge is 0.227 e. The lowest BCUT2D eigenvalue weighted by molar-refractivity contribution is -0.130. The molecule has 1 saturated heterocycles. The van der Waals surface area contributed by atoms with Crippen LogP contribution in [0.3, 0.4) is 0 Å². The first-order valence-corrected chi connectivity index (χ1v) is 12.2. The van der Waals surface area contributed by atoms with Crippen LogP contribution in [-0.4, -0.2) is 61.0 Å². The van der Waals surface area contributed by atoms with Gasteiger partial charge in [0, 0.05) is 51.0 Å². The molecule has 0 unspecified atom stereocenters. The van der Waals surface area contributed by atoms with Crippen molar-refractivity contribution in [3.63, 3.8) is 0 Å². The summed E-state index contributed by atoms with van der Waals surface area (Å²) in [5.74, 6) is 0.250. The van der Waals surface area contributed by atoms with Gasteiger partial charge < -0.3 is 9.80 Å². The van der Waals surface area contributed by atoms with Crippen molar-refractivity contribution in [3.05, 3.63) is 65.2 Å².